The van der Waals surface area contributed by atoms with E-state index in [4.69, 9.17) is 0 Å². The van der Waals surface area contributed by atoms with Gasteiger partial charge in [0.15, 0.2) is 5.69 Å². The highest BCUT2D eigenvalue weighted by Crippen LogP contribution is 2.24. The van der Waals surface area contributed by atoms with E-state index in [2.05, 4.69) is 21.8 Å². The van der Waals surface area contributed by atoms with Crippen LogP contribution in [0.25, 0.3) is 10.9 Å². The SMILES string of the molecule is CSCCCCNc1c(C(=O)O)nnc2ccccc12. The van der Waals surface area contributed by atoms with Crippen LogP contribution in [0.4, 0.5) is 5.69 Å². The average Bonchev–Trinajstić information content (AvgIpc) is 2.46. The fraction of sp³-hybridized carbons (Fsp3) is 0.357. The molecule has 0 aliphatic heterocycles. The molecule has 0 atom stereocenters. The standard InChI is InChI=1S/C14H17N3O2S/c1-20-9-5-4-8-15-12-10-6-2-3-7-11(10)16-17-13(12)14(18)19/h2-3,6-7H,4-5,8-9H2,1H3,(H,15,16)(H,18,19). The number of hydrogen-bond donors (Lipinski definition) is 2. The molecule has 0 spiro atoms. The van der Waals surface area contributed by atoms with Crippen LogP contribution in [0.3, 0.4) is 0 Å². The Morgan fingerprint density at radius 2 is 2.10 bits per heavy atom. The lowest BCUT2D eigenvalue weighted by molar-refractivity contribution is 0.0690. The van der Waals surface area contributed by atoms with Crippen molar-refractivity contribution in [3.05, 3.63) is 30.0 Å². The second-order valence-electron chi connectivity index (χ2n) is 4.37. The molecule has 2 rings (SSSR count). The van der Waals surface area contributed by atoms with Gasteiger partial charge < -0.3 is 10.4 Å². The van der Waals surface area contributed by atoms with Crippen molar-refractivity contribution in [1.29, 1.82) is 0 Å². The highest BCUT2D eigenvalue weighted by Gasteiger charge is 2.15. The molecule has 106 valence electrons. The Hall–Kier alpha value is -1.82. The summed E-state index contributed by atoms with van der Waals surface area (Å²) in [4.78, 5) is 11.3. The summed E-state index contributed by atoms with van der Waals surface area (Å²) in [6.07, 6.45) is 4.18. The third-order valence-corrected chi connectivity index (χ3v) is 3.64. The third-order valence-electron chi connectivity index (χ3n) is 2.95. The molecule has 2 aromatic rings. The van der Waals surface area contributed by atoms with Crippen molar-refractivity contribution >= 4 is 34.3 Å². The Labute approximate surface area is 121 Å². The highest BCUT2D eigenvalue weighted by molar-refractivity contribution is 7.98. The monoisotopic (exact) mass is 291 g/mol. The van der Waals surface area contributed by atoms with Gasteiger partial charge in [0.2, 0.25) is 0 Å². The van der Waals surface area contributed by atoms with Crippen molar-refractivity contribution in [1.82, 2.24) is 10.2 Å². The number of aromatic carboxylic acids is 1. The minimum atomic E-state index is -1.06. The van der Waals surface area contributed by atoms with Gasteiger partial charge >= 0.3 is 5.97 Å². The van der Waals surface area contributed by atoms with E-state index in [1.807, 2.05) is 36.0 Å². The molecular formula is C14H17N3O2S. The Kier molecular flexibility index (Phi) is 5.17. The van der Waals surface area contributed by atoms with Crippen LogP contribution >= 0.6 is 11.8 Å². The number of hydrogen-bond acceptors (Lipinski definition) is 5. The van der Waals surface area contributed by atoms with Crippen LogP contribution in [0.2, 0.25) is 0 Å². The van der Waals surface area contributed by atoms with Crippen molar-refractivity contribution in [2.45, 2.75) is 12.8 Å². The molecule has 0 bridgehead atoms. The summed E-state index contributed by atoms with van der Waals surface area (Å²) in [5.41, 5.74) is 1.24. The van der Waals surface area contributed by atoms with E-state index in [-0.39, 0.29) is 5.69 Å². The molecule has 6 heteroatoms. The first kappa shape index (κ1) is 14.6. The number of anilines is 1. The molecule has 0 fully saturated rings. The number of unbranched alkanes of at least 4 members (excludes halogenated alkanes) is 1. The van der Waals surface area contributed by atoms with Crippen molar-refractivity contribution in [3.8, 4) is 0 Å². The molecule has 0 unspecified atom stereocenters. The Bertz CT molecular complexity index is 604. The van der Waals surface area contributed by atoms with E-state index in [9.17, 15) is 9.90 Å². The van der Waals surface area contributed by atoms with Gasteiger partial charge in [-0.2, -0.15) is 11.8 Å². The lowest BCUT2D eigenvalue weighted by atomic mass is 10.1. The van der Waals surface area contributed by atoms with Crippen LogP contribution in [0.5, 0.6) is 0 Å². The minimum Gasteiger partial charge on any atom is -0.476 e. The first-order valence-electron chi connectivity index (χ1n) is 6.45. The van der Waals surface area contributed by atoms with E-state index in [0.29, 0.717) is 11.2 Å². The van der Waals surface area contributed by atoms with Crippen LogP contribution in [-0.2, 0) is 0 Å². The van der Waals surface area contributed by atoms with Gasteiger partial charge in [0.05, 0.1) is 11.2 Å². The summed E-state index contributed by atoms with van der Waals surface area (Å²) < 4.78 is 0. The lowest BCUT2D eigenvalue weighted by Gasteiger charge is -2.11. The number of carboxylic acid groups (broad SMARTS) is 1. The molecule has 1 heterocycles. The van der Waals surface area contributed by atoms with Gasteiger partial charge in [-0.15, -0.1) is 10.2 Å². The number of fused-ring (bicyclic) bond motifs is 1. The van der Waals surface area contributed by atoms with Crippen LogP contribution in [-0.4, -0.2) is 39.8 Å². The summed E-state index contributed by atoms with van der Waals surface area (Å²) in [5.74, 6) is 0.0536. The van der Waals surface area contributed by atoms with E-state index in [0.717, 1.165) is 30.5 Å². The van der Waals surface area contributed by atoms with Gasteiger partial charge in [0.25, 0.3) is 0 Å². The van der Waals surface area contributed by atoms with Crippen LogP contribution in [0.15, 0.2) is 24.3 Å². The van der Waals surface area contributed by atoms with Crippen molar-refractivity contribution in [3.63, 3.8) is 0 Å². The molecule has 0 saturated heterocycles. The minimum absolute atomic E-state index is 0.0198. The fourth-order valence-corrected chi connectivity index (χ4v) is 2.46. The maximum absolute atomic E-state index is 11.3. The Balaban J connectivity index is 2.23. The predicted octanol–water partition coefficient (Wildman–Crippen LogP) is 2.88. The smallest absolute Gasteiger partial charge is 0.358 e. The maximum atomic E-state index is 11.3. The van der Waals surface area contributed by atoms with E-state index in [1.165, 1.54) is 0 Å². The van der Waals surface area contributed by atoms with E-state index in [1.54, 1.807) is 0 Å². The molecule has 0 aliphatic carbocycles. The van der Waals surface area contributed by atoms with Crippen molar-refractivity contribution < 1.29 is 9.90 Å². The highest BCUT2D eigenvalue weighted by atomic mass is 32.2. The number of thioether (sulfide) groups is 1. The molecule has 0 radical (unpaired) electrons. The van der Waals surface area contributed by atoms with Crippen LogP contribution < -0.4 is 5.32 Å². The number of carbonyl (C=O) groups is 1. The zero-order chi connectivity index (χ0) is 14.4. The molecule has 0 amide bonds. The van der Waals surface area contributed by atoms with Gasteiger partial charge in [-0.25, -0.2) is 4.79 Å². The number of rotatable bonds is 7. The summed E-state index contributed by atoms with van der Waals surface area (Å²) in [7, 11) is 0. The molecular weight excluding hydrogens is 274 g/mol. The Morgan fingerprint density at radius 1 is 1.30 bits per heavy atom. The quantitative estimate of drug-likeness (QED) is 0.764. The van der Waals surface area contributed by atoms with Gasteiger partial charge in [0.1, 0.15) is 0 Å². The Morgan fingerprint density at radius 3 is 2.85 bits per heavy atom. The molecule has 5 nitrogen and oxygen atoms in total. The van der Waals surface area contributed by atoms with Gasteiger partial charge in [-0.3, -0.25) is 0 Å². The number of nitrogens with one attached hydrogen (secondary N) is 1. The van der Waals surface area contributed by atoms with Gasteiger partial charge in [0, 0.05) is 11.9 Å². The van der Waals surface area contributed by atoms with Gasteiger partial charge in [-0.05, 0) is 30.9 Å². The number of benzene rings is 1. The lowest BCUT2D eigenvalue weighted by Crippen LogP contribution is -2.11. The van der Waals surface area contributed by atoms with Crippen molar-refractivity contribution in [2.24, 2.45) is 0 Å². The topological polar surface area (TPSA) is 75.1 Å². The fourth-order valence-electron chi connectivity index (χ4n) is 1.97. The third kappa shape index (κ3) is 3.39. The molecule has 0 aliphatic rings. The first-order valence-corrected chi connectivity index (χ1v) is 7.85. The van der Waals surface area contributed by atoms with Gasteiger partial charge in [-0.1, -0.05) is 18.2 Å². The zero-order valence-electron chi connectivity index (χ0n) is 11.3. The molecule has 2 N–H and O–H groups in total. The summed E-state index contributed by atoms with van der Waals surface area (Å²) >= 11 is 1.81. The molecule has 1 aromatic heterocycles. The summed E-state index contributed by atoms with van der Waals surface area (Å²) in [5, 5.41) is 21.0. The normalized spacial score (nSPS) is 10.7. The molecule has 1 aromatic carbocycles. The molecule has 20 heavy (non-hydrogen) atoms. The zero-order valence-corrected chi connectivity index (χ0v) is 12.1. The van der Waals surface area contributed by atoms with E-state index < -0.39 is 5.97 Å². The van der Waals surface area contributed by atoms with Crippen LogP contribution in [0.1, 0.15) is 23.3 Å². The first-order chi connectivity index (χ1) is 9.74. The summed E-state index contributed by atoms with van der Waals surface area (Å²) in [6.45, 7) is 0.733. The second-order valence-corrected chi connectivity index (χ2v) is 5.36. The van der Waals surface area contributed by atoms with Crippen molar-refractivity contribution in [2.75, 3.05) is 23.9 Å². The largest absolute Gasteiger partial charge is 0.476 e. The second kappa shape index (κ2) is 7.09. The number of aromatic nitrogens is 2. The average molecular weight is 291 g/mol. The molecule has 0 saturated carbocycles. The van der Waals surface area contributed by atoms with Crippen LogP contribution in [0, 0.1) is 0 Å². The maximum Gasteiger partial charge on any atom is 0.358 e. The number of carboxylic acids is 1. The number of nitrogens with zero attached hydrogens (tertiary/aromatic N) is 2. The summed E-state index contributed by atoms with van der Waals surface area (Å²) in [6, 6.07) is 7.42. The predicted molar refractivity (Wildman–Crippen MR) is 82.6 cm³/mol. The van der Waals surface area contributed by atoms with E-state index >= 15 is 0 Å².